The predicted molar refractivity (Wildman–Crippen MR) is 117 cm³/mol. The first-order valence-corrected chi connectivity index (χ1v) is 10.5. The summed E-state index contributed by atoms with van der Waals surface area (Å²) < 4.78 is 12.9. The van der Waals surface area contributed by atoms with E-state index in [1.54, 1.807) is 6.92 Å². The Morgan fingerprint density at radius 3 is 2.69 bits per heavy atom. The molecule has 16 heteroatoms. The molecular weight excluding hydrogens is 482 g/mol. The van der Waals surface area contributed by atoms with E-state index in [-0.39, 0.29) is 41.4 Å². The molecule has 4 rings (SSSR count). The van der Waals surface area contributed by atoms with E-state index in [0.29, 0.717) is 0 Å². The molecule has 0 bridgehead atoms. The number of aldehydes is 1. The second-order valence-electron chi connectivity index (χ2n) is 7.49. The molecule has 0 saturated carbocycles. The highest BCUT2D eigenvalue weighted by Gasteiger charge is 2.44. The molecule has 3 aromatic rings. The van der Waals surface area contributed by atoms with E-state index in [0.717, 1.165) is 10.9 Å². The molecule has 0 amide bonds. The third-order valence-electron chi connectivity index (χ3n) is 5.24. The number of aliphatic hydroxyl groups is 3. The SMILES string of the molecule is CCOC(=O)c1cnn(-c2nc(N/C=C(/C=O)C(=O)O)c3ncn([C@@H]4O[C@H](CO)[C@@H](O)[C@@H]4O)c3n2)c1. The number of esters is 1. The van der Waals surface area contributed by atoms with Gasteiger partial charge in [-0.2, -0.15) is 15.1 Å². The van der Waals surface area contributed by atoms with Gasteiger partial charge in [0.1, 0.15) is 23.9 Å². The quantitative estimate of drug-likeness (QED) is 0.0727. The number of fused-ring (bicyclic) bond motifs is 1. The fraction of sp³-hybridized carbons (Fsp3) is 0.350. The number of aliphatic hydroxyl groups excluding tert-OH is 3. The van der Waals surface area contributed by atoms with Crippen LogP contribution in [0.5, 0.6) is 0 Å². The minimum Gasteiger partial charge on any atom is -0.478 e. The van der Waals surface area contributed by atoms with Crippen LogP contribution in [0.25, 0.3) is 17.1 Å². The van der Waals surface area contributed by atoms with E-state index < -0.39 is 48.7 Å². The van der Waals surface area contributed by atoms with Crippen LogP contribution in [-0.4, -0.2) is 99.5 Å². The summed E-state index contributed by atoms with van der Waals surface area (Å²) >= 11 is 0. The molecule has 0 radical (unpaired) electrons. The molecule has 0 unspecified atom stereocenters. The second kappa shape index (κ2) is 10.2. The number of anilines is 1. The molecule has 1 aliphatic heterocycles. The van der Waals surface area contributed by atoms with E-state index in [9.17, 15) is 29.7 Å². The van der Waals surface area contributed by atoms with Crippen LogP contribution in [0.1, 0.15) is 23.5 Å². The number of aliphatic carboxylic acids is 1. The average molecular weight is 503 g/mol. The highest BCUT2D eigenvalue weighted by Crippen LogP contribution is 2.32. The smallest absolute Gasteiger partial charge is 0.341 e. The molecule has 1 fully saturated rings. The van der Waals surface area contributed by atoms with Crippen molar-refractivity contribution in [2.45, 2.75) is 31.5 Å². The number of carboxylic acids is 1. The van der Waals surface area contributed by atoms with Crippen molar-refractivity contribution in [3.63, 3.8) is 0 Å². The molecule has 1 saturated heterocycles. The zero-order valence-corrected chi connectivity index (χ0v) is 18.6. The lowest BCUT2D eigenvalue weighted by atomic mass is 10.1. The molecule has 1 aliphatic rings. The van der Waals surface area contributed by atoms with Crippen LogP contribution in [-0.2, 0) is 19.1 Å². The van der Waals surface area contributed by atoms with Gasteiger partial charge in [0, 0.05) is 12.4 Å². The number of carboxylic acid groups (broad SMARTS) is 1. The second-order valence-corrected chi connectivity index (χ2v) is 7.49. The number of hydrogen-bond donors (Lipinski definition) is 5. The number of ether oxygens (including phenoxy) is 2. The number of nitrogens with zero attached hydrogens (tertiary/aromatic N) is 6. The topological polar surface area (TPSA) is 224 Å². The summed E-state index contributed by atoms with van der Waals surface area (Å²) in [5.41, 5.74) is -0.348. The largest absolute Gasteiger partial charge is 0.478 e. The van der Waals surface area contributed by atoms with E-state index in [1.807, 2.05) is 0 Å². The number of nitrogens with one attached hydrogen (secondary N) is 1. The Labute approximate surface area is 201 Å². The van der Waals surface area contributed by atoms with Crippen LogP contribution < -0.4 is 5.32 Å². The Hall–Kier alpha value is -4.25. The standard InChI is InChI=1S/C20H21N7O9/c1-2-35-19(34)9-4-23-27(5-9)20-24-15(21-3-10(6-28)18(32)33)12-16(25-20)26(8-22-12)17-14(31)13(30)11(7-29)36-17/h3-6,8,11,13-14,17,29-31H,2,7H2,1H3,(H,32,33)(H,21,24,25)/b10-3-/t11-,13-,14+,17-/m1/s1. The Morgan fingerprint density at radius 2 is 2.06 bits per heavy atom. The van der Waals surface area contributed by atoms with Gasteiger partial charge in [0.15, 0.2) is 29.5 Å². The minimum atomic E-state index is -1.48. The highest BCUT2D eigenvalue weighted by atomic mass is 16.6. The Bertz CT molecular complexity index is 1330. The normalized spacial score (nSPS) is 22.1. The van der Waals surface area contributed by atoms with Crippen LogP contribution in [0.15, 0.2) is 30.5 Å². The maximum absolute atomic E-state index is 12.0. The molecule has 5 N–H and O–H groups in total. The highest BCUT2D eigenvalue weighted by molar-refractivity contribution is 6.07. The number of carbonyl (C=O) groups excluding carboxylic acids is 2. The summed E-state index contributed by atoms with van der Waals surface area (Å²) in [6.07, 6.45) is -0.268. The van der Waals surface area contributed by atoms with Crippen molar-refractivity contribution in [2.75, 3.05) is 18.5 Å². The lowest BCUT2D eigenvalue weighted by molar-refractivity contribution is -0.133. The van der Waals surface area contributed by atoms with Crippen molar-refractivity contribution in [1.29, 1.82) is 0 Å². The molecular formula is C20H21N7O9. The number of hydrogen-bond acceptors (Lipinski definition) is 13. The van der Waals surface area contributed by atoms with Crippen molar-refractivity contribution in [2.24, 2.45) is 0 Å². The summed E-state index contributed by atoms with van der Waals surface area (Å²) in [7, 11) is 0. The van der Waals surface area contributed by atoms with Crippen molar-refractivity contribution < 1.29 is 44.3 Å². The number of carbonyl (C=O) groups is 3. The van der Waals surface area contributed by atoms with Crippen LogP contribution in [0, 0.1) is 0 Å². The van der Waals surface area contributed by atoms with Crippen molar-refractivity contribution >= 4 is 35.2 Å². The average Bonchev–Trinajstić information content (AvgIpc) is 3.58. The van der Waals surface area contributed by atoms with Gasteiger partial charge in [0.25, 0.3) is 5.95 Å². The van der Waals surface area contributed by atoms with Crippen LogP contribution in [0.2, 0.25) is 0 Å². The lowest BCUT2D eigenvalue weighted by Crippen LogP contribution is -2.33. The van der Waals surface area contributed by atoms with Crippen LogP contribution >= 0.6 is 0 Å². The molecule has 16 nitrogen and oxygen atoms in total. The van der Waals surface area contributed by atoms with Gasteiger partial charge in [0.05, 0.1) is 31.3 Å². The van der Waals surface area contributed by atoms with Crippen molar-refractivity contribution in [1.82, 2.24) is 29.3 Å². The third kappa shape index (κ3) is 4.52. The molecule has 4 atom stereocenters. The number of imidazole rings is 1. The molecule has 4 heterocycles. The van der Waals surface area contributed by atoms with Crippen molar-refractivity contribution in [3.05, 3.63) is 36.1 Å². The Morgan fingerprint density at radius 1 is 1.28 bits per heavy atom. The molecule has 0 spiro atoms. The minimum absolute atomic E-state index is 0.0470. The third-order valence-corrected chi connectivity index (χ3v) is 5.24. The van der Waals surface area contributed by atoms with E-state index in [2.05, 4.69) is 25.4 Å². The maximum atomic E-state index is 12.0. The van der Waals surface area contributed by atoms with Gasteiger partial charge in [-0.25, -0.2) is 19.3 Å². The number of rotatable bonds is 9. The van der Waals surface area contributed by atoms with Gasteiger partial charge in [-0.3, -0.25) is 9.36 Å². The van der Waals surface area contributed by atoms with Crippen LogP contribution in [0.3, 0.4) is 0 Å². The first-order valence-electron chi connectivity index (χ1n) is 10.5. The Kier molecular flexibility index (Phi) is 7.02. The monoisotopic (exact) mass is 503 g/mol. The molecule has 36 heavy (non-hydrogen) atoms. The predicted octanol–water partition coefficient (Wildman–Crippen LogP) is -1.62. The molecule has 0 aliphatic carbocycles. The molecule has 3 aromatic heterocycles. The van der Waals surface area contributed by atoms with E-state index in [4.69, 9.17) is 14.6 Å². The fourth-order valence-electron chi connectivity index (χ4n) is 3.45. The van der Waals surface area contributed by atoms with Crippen LogP contribution in [0.4, 0.5) is 5.82 Å². The summed E-state index contributed by atoms with van der Waals surface area (Å²) in [4.78, 5) is 47.1. The fourth-order valence-corrected chi connectivity index (χ4v) is 3.45. The Balaban J connectivity index is 1.83. The van der Waals surface area contributed by atoms with Gasteiger partial charge in [-0.15, -0.1) is 0 Å². The van der Waals surface area contributed by atoms with Gasteiger partial charge < -0.3 is 35.2 Å². The van der Waals surface area contributed by atoms with Gasteiger partial charge >= 0.3 is 11.9 Å². The van der Waals surface area contributed by atoms with E-state index >= 15 is 0 Å². The zero-order valence-electron chi connectivity index (χ0n) is 18.6. The maximum Gasteiger partial charge on any atom is 0.341 e. The first-order chi connectivity index (χ1) is 17.3. The summed E-state index contributed by atoms with van der Waals surface area (Å²) in [5.74, 6) is -2.26. The first kappa shape index (κ1) is 24.9. The van der Waals surface area contributed by atoms with E-state index in [1.165, 1.54) is 23.3 Å². The summed E-state index contributed by atoms with van der Waals surface area (Å²) in [5, 5.41) is 45.8. The van der Waals surface area contributed by atoms with Gasteiger partial charge in [0.2, 0.25) is 0 Å². The van der Waals surface area contributed by atoms with Crippen molar-refractivity contribution in [3.8, 4) is 5.95 Å². The molecule has 190 valence electrons. The summed E-state index contributed by atoms with van der Waals surface area (Å²) in [6.45, 7) is 1.25. The lowest BCUT2D eigenvalue weighted by Gasteiger charge is -2.17. The molecule has 0 aromatic carbocycles. The van der Waals surface area contributed by atoms with Gasteiger partial charge in [-0.05, 0) is 6.92 Å². The van der Waals surface area contributed by atoms with Gasteiger partial charge in [-0.1, -0.05) is 0 Å². The summed E-state index contributed by atoms with van der Waals surface area (Å²) in [6, 6.07) is 0. The number of aromatic nitrogens is 6. The zero-order chi connectivity index (χ0) is 26.0.